The molecule has 8 heteroatoms. The van der Waals surface area contributed by atoms with Gasteiger partial charge in [-0.1, -0.05) is 4.98 Å². The van der Waals surface area contributed by atoms with Crippen LogP contribution in [0, 0.1) is 0 Å². The molecule has 0 saturated heterocycles. The Morgan fingerprint density at radius 1 is 1.58 bits per heavy atom. The lowest BCUT2D eigenvalue weighted by Crippen LogP contribution is -2.28. The molecule has 0 atom stereocenters. The molecule has 2 aromatic heterocycles. The molecule has 0 aliphatic rings. The van der Waals surface area contributed by atoms with Crippen LogP contribution < -0.4 is 15.4 Å². The van der Waals surface area contributed by atoms with E-state index in [1.807, 2.05) is 0 Å². The van der Waals surface area contributed by atoms with Gasteiger partial charge >= 0.3 is 11.7 Å². The lowest BCUT2D eigenvalue weighted by molar-refractivity contribution is -0.647. The number of nitrogens with one attached hydrogen (secondary N) is 2. The fraction of sp³-hybridized carbons (Fsp3) is 0.455. The number of aryl methyl sites for hydroxylation is 2. The van der Waals surface area contributed by atoms with Gasteiger partial charge in [0.25, 0.3) is 11.5 Å². The first-order valence-electron chi connectivity index (χ1n) is 5.81. The van der Waals surface area contributed by atoms with E-state index in [1.165, 1.54) is 0 Å². The molecule has 0 saturated carbocycles. The highest BCUT2D eigenvalue weighted by molar-refractivity contribution is 5.83. The van der Waals surface area contributed by atoms with Crippen LogP contribution in [-0.4, -0.2) is 26.7 Å². The molecule has 102 valence electrons. The van der Waals surface area contributed by atoms with E-state index < -0.39 is 6.09 Å². The van der Waals surface area contributed by atoms with E-state index in [-0.39, 0.29) is 17.6 Å². The molecule has 0 bridgehead atoms. The molecule has 2 N–H and O–H groups in total. The van der Waals surface area contributed by atoms with Crippen LogP contribution in [0.15, 0.2) is 11.1 Å². The van der Waals surface area contributed by atoms with Gasteiger partial charge < -0.3 is 4.74 Å². The number of ether oxygens (including phenoxy) is 1. The first-order chi connectivity index (χ1) is 8.88. The second-order valence-corrected chi connectivity index (χ2v) is 4.50. The normalized spacial score (nSPS) is 11.0. The van der Waals surface area contributed by atoms with Gasteiger partial charge in [0.1, 0.15) is 0 Å². The third-order valence-electron chi connectivity index (χ3n) is 2.47. The van der Waals surface area contributed by atoms with Crippen molar-refractivity contribution < 1.29 is 14.1 Å². The van der Waals surface area contributed by atoms with Gasteiger partial charge in [0.15, 0.2) is 6.33 Å². The standard InChI is InChI=1S/C11H15N5O3/c1-6(2)19-11(18)14-10-12-8-7(9(17)13-10)15(3)5-16(8)4/h5-6H,1-4H3,(H-,12,13,14,17,18)/p+1. The maximum absolute atomic E-state index is 11.9. The van der Waals surface area contributed by atoms with Crippen molar-refractivity contribution in [1.82, 2.24) is 14.5 Å². The quantitative estimate of drug-likeness (QED) is 0.751. The van der Waals surface area contributed by atoms with Gasteiger partial charge in [-0.25, -0.2) is 14.7 Å². The Bertz CT molecular complexity index is 685. The minimum absolute atomic E-state index is 0.0601. The molecule has 2 rings (SSSR count). The van der Waals surface area contributed by atoms with Crippen molar-refractivity contribution in [1.29, 1.82) is 0 Å². The molecule has 0 aliphatic carbocycles. The summed E-state index contributed by atoms with van der Waals surface area (Å²) in [6, 6.07) is 0. The Labute approximate surface area is 109 Å². The van der Waals surface area contributed by atoms with E-state index in [4.69, 9.17) is 4.74 Å². The molecule has 0 unspecified atom stereocenters. The molecule has 1 amide bonds. The van der Waals surface area contributed by atoms with Crippen molar-refractivity contribution in [3.63, 3.8) is 0 Å². The summed E-state index contributed by atoms with van der Waals surface area (Å²) in [4.78, 5) is 30.0. The number of hydrogen-bond acceptors (Lipinski definition) is 4. The number of H-pyrrole nitrogens is 1. The predicted octanol–water partition coefficient (Wildman–Crippen LogP) is 0.0430. The van der Waals surface area contributed by atoms with E-state index in [0.29, 0.717) is 11.2 Å². The molecule has 0 radical (unpaired) electrons. The summed E-state index contributed by atoms with van der Waals surface area (Å²) in [7, 11) is 3.52. The van der Waals surface area contributed by atoms with Crippen LogP contribution in [-0.2, 0) is 18.8 Å². The molecule has 2 heterocycles. The fourth-order valence-electron chi connectivity index (χ4n) is 1.79. The van der Waals surface area contributed by atoms with Crippen molar-refractivity contribution >= 4 is 23.2 Å². The summed E-state index contributed by atoms with van der Waals surface area (Å²) in [5.41, 5.74) is 0.587. The number of fused-ring (bicyclic) bond motifs is 1. The second kappa shape index (κ2) is 4.71. The van der Waals surface area contributed by atoms with E-state index in [1.54, 1.807) is 43.4 Å². The average Bonchev–Trinajstić information content (AvgIpc) is 2.53. The van der Waals surface area contributed by atoms with Crippen LogP contribution in [0.3, 0.4) is 0 Å². The van der Waals surface area contributed by atoms with Crippen molar-refractivity contribution in [2.24, 2.45) is 14.1 Å². The molecule has 0 aliphatic heterocycles. The predicted molar refractivity (Wildman–Crippen MR) is 67.8 cm³/mol. The Kier molecular flexibility index (Phi) is 3.24. The average molecular weight is 266 g/mol. The minimum atomic E-state index is -0.656. The molecule has 0 spiro atoms. The topological polar surface area (TPSA) is 92.9 Å². The van der Waals surface area contributed by atoms with Gasteiger partial charge in [-0.15, -0.1) is 0 Å². The summed E-state index contributed by atoms with van der Waals surface area (Å²) in [5.74, 6) is 0.0601. The summed E-state index contributed by atoms with van der Waals surface area (Å²) < 4.78 is 8.28. The highest BCUT2D eigenvalue weighted by Gasteiger charge is 2.19. The molecule has 0 fully saturated rings. The van der Waals surface area contributed by atoms with Crippen molar-refractivity contribution in [2.45, 2.75) is 20.0 Å². The molecular weight excluding hydrogens is 250 g/mol. The Hall–Kier alpha value is -2.38. The Morgan fingerprint density at radius 2 is 2.26 bits per heavy atom. The number of aromatic nitrogens is 4. The number of imidazole rings is 1. The summed E-state index contributed by atoms with van der Waals surface area (Å²) in [5, 5.41) is 2.39. The SMILES string of the molecule is CC(C)OC(=O)Nc1nc2c(c(=O)[nH]1)n(C)c[n+]2C. The molecule has 19 heavy (non-hydrogen) atoms. The van der Waals surface area contributed by atoms with Gasteiger partial charge in [0.05, 0.1) is 20.2 Å². The second-order valence-electron chi connectivity index (χ2n) is 4.50. The van der Waals surface area contributed by atoms with Crippen LogP contribution >= 0.6 is 0 Å². The van der Waals surface area contributed by atoms with Crippen molar-refractivity contribution in [3.05, 3.63) is 16.7 Å². The number of anilines is 1. The molecule has 8 nitrogen and oxygen atoms in total. The van der Waals surface area contributed by atoms with Crippen LogP contribution in [0.5, 0.6) is 0 Å². The number of aromatic amines is 1. The van der Waals surface area contributed by atoms with Crippen LogP contribution in [0.25, 0.3) is 11.2 Å². The van der Waals surface area contributed by atoms with E-state index >= 15 is 0 Å². The third kappa shape index (κ3) is 2.56. The molecular formula is C11H16N5O3+. The van der Waals surface area contributed by atoms with Crippen molar-refractivity contribution in [2.75, 3.05) is 5.32 Å². The number of amides is 1. The number of nitrogens with zero attached hydrogens (tertiary/aromatic N) is 3. The van der Waals surface area contributed by atoms with Gasteiger partial charge in [-0.2, -0.15) is 0 Å². The fourth-order valence-corrected chi connectivity index (χ4v) is 1.79. The van der Waals surface area contributed by atoms with Crippen LogP contribution in [0.4, 0.5) is 10.7 Å². The van der Waals surface area contributed by atoms with E-state index in [0.717, 1.165) is 0 Å². The smallest absolute Gasteiger partial charge is 0.415 e. The zero-order chi connectivity index (χ0) is 14.2. The minimum Gasteiger partial charge on any atom is -0.447 e. The number of carbonyl (C=O) groups is 1. The lowest BCUT2D eigenvalue weighted by atomic mass is 10.5. The first-order valence-corrected chi connectivity index (χ1v) is 5.81. The van der Waals surface area contributed by atoms with E-state index in [9.17, 15) is 9.59 Å². The molecule has 2 aromatic rings. The Morgan fingerprint density at radius 3 is 2.89 bits per heavy atom. The molecule has 0 aromatic carbocycles. The van der Waals surface area contributed by atoms with Crippen molar-refractivity contribution in [3.8, 4) is 0 Å². The monoisotopic (exact) mass is 266 g/mol. The third-order valence-corrected chi connectivity index (χ3v) is 2.47. The summed E-state index contributed by atoms with van der Waals surface area (Å²) in [6.07, 6.45) is 0.822. The van der Waals surface area contributed by atoms with Gasteiger partial charge in [0, 0.05) is 0 Å². The van der Waals surface area contributed by atoms with Gasteiger partial charge in [0.2, 0.25) is 5.52 Å². The lowest BCUT2D eigenvalue weighted by Gasteiger charge is -2.06. The summed E-state index contributed by atoms with van der Waals surface area (Å²) in [6.45, 7) is 3.46. The van der Waals surface area contributed by atoms with E-state index in [2.05, 4.69) is 15.3 Å². The number of rotatable bonds is 2. The number of hydrogen-bond donors (Lipinski definition) is 2. The maximum atomic E-state index is 11.9. The van der Waals surface area contributed by atoms with Crippen LogP contribution in [0.1, 0.15) is 13.8 Å². The number of carbonyl (C=O) groups excluding carboxylic acids is 1. The maximum Gasteiger partial charge on any atom is 0.415 e. The summed E-state index contributed by atoms with van der Waals surface area (Å²) >= 11 is 0. The zero-order valence-electron chi connectivity index (χ0n) is 11.2. The van der Waals surface area contributed by atoms with Crippen LogP contribution in [0.2, 0.25) is 0 Å². The highest BCUT2D eigenvalue weighted by atomic mass is 16.6. The Balaban J connectivity index is 2.39. The zero-order valence-corrected chi connectivity index (χ0v) is 11.2. The van der Waals surface area contributed by atoms with Gasteiger partial charge in [-0.3, -0.25) is 14.3 Å². The first kappa shape index (κ1) is 13.1. The largest absolute Gasteiger partial charge is 0.447 e. The van der Waals surface area contributed by atoms with Gasteiger partial charge in [-0.05, 0) is 13.8 Å². The highest BCUT2D eigenvalue weighted by Crippen LogP contribution is 2.04.